The molecule has 1 aromatic carbocycles. The Morgan fingerprint density at radius 3 is 2.53 bits per heavy atom. The fourth-order valence-corrected chi connectivity index (χ4v) is 1.38. The van der Waals surface area contributed by atoms with Gasteiger partial charge in [-0.1, -0.05) is 0 Å². The van der Waals surface area contributed by atoms with E-state index in [0.717, 1.165) is 0 Å². The van der Waals surface area contributed by atoms with Gasteiger partial charge >= 0.3 is 5.97 Å². The van der Waals surface area contributed by atoms with Gasteiger partial charge in [-0.05, 0) is 31.2 Å². The molecule has 0 aliphatic carbocycles. The van der Waals surface area contributed by atoms with Crippen molar-refractivity contribution in [3.05, 3.63) is 30.1 Å². The van der Waals surface area contributed by atoms with Crippen LogP contribution in [0, 0.1) is 5.82 Å². The van der Waals surface area contributed by atoms with Crippen LogP contribution in [0.1, 0.15) is 13.3 Å². The maximum Gasteiger partial charge on any atom is 0.307 e. The molecule has 1 unspecified atom stereocenters. The largest absolute Gasteiger partial charge is 0.484 e. The summed E-state index contributed by atoms with van der Waals surface area (Å²) in [6, 6.07) is 5.01. The van der Waals surface area contributed by atoms with Crippen LogP contribution in [-0.4, -0.2) is 31.6 Å². The first-order chi connectivity index (χ1) is 9.01. The number of hydrogen-bond donors (Lipinski definition) is 1. The summed E-state index contributed by atoms with van der Waals surface area (Å²) in [5, 5.41) is 2.59. The molecule has 0 bridgehead atoms. The lowest BCUT2D eigenvalue weighted by Gasteiger charge is -2.13. The van der Waals surface area contributed by atoms with Crippen molar-refractivity contribution < 1.29 is 23.5 Å². The number of hydrogen-bond acceptors (Lipinski definition) is 4. The maximum absolute atomic E-state index is 12.6. The van der Waals surface area contributed by atoms with E-state index in [0.29, 0.717) is 5.75 Å². The average molecular weight is 269 g/mol. The molecule has 5 nitrogen and oxygen atoms in total. The molecule has 0 aliphatic heterocycles. The first-order valence-electron chi connectivity index (χ1n) is 5.76. The van der Waals surface area contributed by atoms with Gasteiger partial charge < -0.3 is 14.8 Å². The Kier molecular flexibility index (Phi) is 5.78. The van der Waals surface area contributed by atoms with E-state index in [2.05, 4.69) is 10.1 Å². The molecule has 0 fully saturated rings. The molecule has 0 aromatic heterocycles. The Labute approximate surface area is 110 Å². The Morgan fingerprint density at radius 2 is 1.95 bits per heavy atom. The molecular formula is C13H16FNO4. The topological polar surface area (TPSA) is 64.6 Å². The average Bonchev–Trinajstić information content (AvgIpc) is 2.37. The zero-order chi connectivity index (χ0) is 14.3. The highest BCUT2D eigenvalue weighted by molar-refractivity contribution is 5.79. The third-order valence-corrected chi connectivity index (χ3v) is 2.29. The van der Waals surface area contributed by atoms with E-state index >= 15 is 0 Å². The fraction of sp³-hybridized carbons (Fsp3) is 0.385. The van der Waals surface area contributed by atoms with Crippen molar-refractivity contribution in [3.63, 3.8) is 0 Å². The van der Waals surface area contributed by atoms with E-state index in [1.165, 1.54) is 31.4 Å². The smallest absolute Gasteiger partial charge is 0.307 e. The second kappa shape index (κ2) is 7.35. The molecule has 0 radical (unpaired) electrons. The second-order valence-electron chi connectivity index (χ2n) is 3.99. The van der Waals surface area contributed by atoms with Gasteiger partial charge in [0.2, 0.25) is 0 Å². The summed E-state index contributed by atoms with van der Waals surface area (Å²) in [6.07, 6.45) is 0.0960. The van der Waals surface area contributed by atoms with Gasteiger partial charge in [0.15, 0.2) is 6.61 Å². The minimum Gasteiger partial charge on any atom is -0.484 e. The Morgan fingerprint density at radius 1 is 1.32 bits per heavy atom. The van der Waals surface area contributed by atoms with Crippen LogP contribution >= 0.6 is 0 Å². The van der Waals surface area contributed by atoms with Crippen LogP contribution < -0.4 is 10.1 Å². The molecule has 1 rings (SSSR count). The molecule has 0 saturated carbocycles. The minimum atomic E-state index is -0.396. The predicted octanol–water partition coefficient (Wildman–Crippen LogP) is 1.27. The van der Waals surface area contributed by atoms with Gasteiger partial charge in [0.1, 0.15) is 11.6 Å². The molecule has 0 heterocycles. The molecule has 104 valence electrons. The van der Waals surface area contributed by atoms with Gasteiger partial charge in [0, 0.05) is 6.04 Å². The number of carbonyl (C=O) groups is 2. The third-order valence-electron chi connectivity index (χ3n) is 2.29. The van der Waals surface area contributed by atoms with Crippen LogP contribution in [0.25, 0.3) is 0 Å². The van der Waals surface area contributed by atoms with Gasteiger partial charge in [-0.2, -0.15) is 0 Å². The van der Waals surface area contributed by atoms with Gasteiger partial charge in [0.25, 0.3) is 5.91 Å². The van der Waals surface area contributed by atoms with E-state index in [9.17, 15) is 14.0 Å². The molecule has 1 amide bonds. The highest BCUT2D eigenvalue weighted by Gasteiger charge is 2.12. The molecule has 0 saturated heterocycles. The summed E-state index contributed by atoms with van der Waals surface area (Å²) >= 11 is 0. The third kappa shape index (κ3) is 5.85. The van der Waals surface area contributed by atoms with Crippen molar-refractivity contribution in [2.45, 2.75) is 19.4 Å². The normalized spacial score (nSPS) is 11.5. The van der Waals surface area contributed by atoms with Crippen molar-refractivity contribution in [1.29, 1.82) is 0 Å². The summed E-state index contributed by atoms with van der Waals surface area (Å²) in [5.41, 5.74) is 0. The second-order valence-corrected chi connectivity index (χ2v) is 3.99. The number of carbonyl (C=O) groups excluding carboxylic acids is 2. The Balaban J connectivity index is 2.31. The van der Waals surface area contributed by atoms with E-state index < -0.39 is 5.97 Å². The lowest BCUT2D eigenvalue weighted by molar-refractivity contribution is -0.141. The van der Waals surface area contributed by atoms with Crippen LogP contribution in [0.4, 0.5) is 4.39 Å². The van der Waals surface area contributed by atoms with Gasteiger partial charge in [-0.25, -0.2) is 4.39 Å². The lowest BCUT2D eigenvalue weighted by Crippen LogP contribution is -2.37. The first kappa shape index (κ1) is 14.9. The zero-order valence-electron chi connectivity index (χ0n) is 10.8. The number of benzene rings is 1. The van der Waals surface area contributed by atoms with E-state index in [4.69, 9.17) is 4.74 Å². The van der Waals surface area contributed by atoms with E-state index in [-0.39, 0.29) is 30.8 Å². The molecule has 6 heteroatoms. The minimum absolute atomic E-state index is 0.0960. The van der Waals surface area contributed by atoms with Crippen molar-refractivity contribution in [1.82, 2.24) is 5.32 Å². The molecule has 0 spiro atoms. The van der Waals surface area contributed by atoms with Gasteiger partial charge in [-0.15, -0.1) is 0 Å². The summed E-state index contributed by atoms with van der Waals surface area (Å²) in [4.78, 5) is 22.5. The number of nitrogens with one attached hydrogen (secondary N) is 1. The zero-order valence-corrected chi connectivity index (χ0v) is 10.8. The van der Waals surface area contributed by atoms with Gasteiger partial charge in [0.05, 0.1) is 13.5 Å². The number of esters is 1. The highest BCUT2D eigenvalue weighted by atomic mass is 19.1. The molecule has 1 atom stereocenters. The van der Waals surface area contributed by atoms with E-state index in [1.54, 1.807) is 6.92 Å². The molecule has 19 heavy (non-hydrogen) atoms. The summed E-state index contributed by atoms with van der Waals surface area (Å²) in [5.74, 6) is -0.728. The van der Waals surface area contributed by atoms with Gasteiger partial charge in [-0.3, -0.25) is 9.59 Å². The SMILES string of the molecule is COC(=O)CC(C)NC(=O)COc1ccc(F)cc1. The van der Waals surface area contributed by atoms with E-state index in [1.807, 2.05) is 0 Å². The van der Waals surface area contributed by atoms with Crippen LogP contribution in [0.3, 0.4) is 0 Å². The Hall–Kier alpha value is -2.11. The number of halogens is 1. The standard InChI is InChI=1S/C13H16FNO4/c1-9(7-13(17)18-2)15-12(16)8-19-11-5-3-10(14)4-6-11/h3-6,9H,7-8H2,1-2H3,(H,15,16). The summed E-state index contributed by atoms with van der Waals surface area (Å²) in [7, 11) is 1.29. The maximum atomic E-state index is 12.6. The number of amides is 1. The Bertz CT molecular complexity index is 433. The van der Waals surface area contributed by atoms with Crippen molar-refractivity contribution >= 4 is 11.9 Å². The van der Waals surface area contributed by atoms with Crippen LogP contribution in [-0.2, 0) is 14.3 Å². The monoisotopic (exact) mass is 269 g/mol. The number of rotatable bonds is 6. The predicted molar refractivity (Wildman–Crippen MR) is 66.1 cm³/mol. The van der Waals surface area contributed by atoms with Crippen molar-refractivity contribution in [2.24, 2.45) is 0 Å². The molecule has 1 aromatic rings. The van der Waals surface area contributed by atoms with Crippen molar-refractivity contribution in [3.8, 4) is 5.75 Å². The quantitative estimate of drug-likeness (QED) is 0.790. The molecular weight excluding hydrogens is 253 g/mol. The number of ether oxygens (including phenoxy) is 2. The van der Waals surface area contributed by atoms with Crippen LogP contribution in [0.2, 0.25) is 0 Å². The molecule has 1 N–H and O–H groups in total. The highest BCUT2D eigenvalue weighted by Crippen LogP contribution is 2.10. The first-order valence-corrected chi connectivity index (χ1v) is 5.76. The number of methoxy groups -OCH3 is 1. The van der Waals surface area contributed by atoms with Crippen LogP contribution in [0.15, 0.2) is 24.3 Å². The summed E-state index contributed by atoms with van der Waals surface area (Å²) < 4.78 is 22.3. The van der Waals surface area contributed by atoms with Crippen LogP contribution in [0.5, 0.6) is 5.75 Å². The summed E-state index contributed by atoms with van der Waals surface area (Å²) in [6.45, 7) is 1.49. The van der Waals surface area contributed by atoms with Crippen molar-refractivity contribution in [2.75, 3.05) is 13.7 Å². The molecule has 0 aliphatic rings. The lowest BCUT2D eigenvalue weighted by atomic mass is 10.2. The fourth-order valence-electron chi connectivity index (χ4n) is 1.38.